The minimum absolute atomic E-state index is 0.00221. The number of carboxylic acids is 1. The molecular formula is C15H27N3O3. The molecule has 1 aliphatic carbocycles. The van der Waals surface area contributed by atoms with Gasteiger partial charge in [-0.3, -0.25) is 9.69 Å². The van der Waals surface area contributed by atoms with E-state index in [0.29, 0.717) is 18.5 Å². The highest BCUT2D eigenvalue weighted by molar-refractivity contribution is 5.75. The lowest BCUT2D eigenvalue weighted by Crippen LogP contribution is -2.59. The van der Waals surface area contributed by atoms with E-state index in [4.69, 9.17) is 5.11 Å². The zero-order chi connectivity index (χ0) is 15.6. The number of likely N-dealkylation sites (N-methyl/N-ethyl adjacent to an activating group) is 1. The third-order valence-corrected chi connectivity index (χ3v) is 5.00. The van der Waals surface area contributed by atoms with Crippen LogP contribution < -0.4 is 5.32 Å². The van der Waals surface area contributed by atoms with Crippen LogP contribution in [-0.2, 0) is 4.79 Å². The zero-order valence-electron chi connectivity index (χ0n) is 13.2. The number of rotatable bonds is 2. The Hall–Kier alpha value is -1.30. The van der Waals surface area contributed by atoms with Gasteiger partial charge in [0.1, 0.15) is 0 Å². The summed E-state index contributed by atoms with van der Waals surface area (Å²) in [5.74, 6) is -1.05. The van der Waals surface area contributed by atoms with E-state index in [1.165, 1.54) is 0 Å². The third-order valence-electron chi connectivity index (χ3n) is 5.00. The van der Waals surface area contributed by atoms with Gasteiger partial charge in [0, 0.05) is 31.2 Å². The van der Waals surface area contributed by atoms with Gasteiger partial charge < -0.3 is 15.3 Å². The number of carboxylic acid groups (broad SMARTS) is 1. The molecule has 2 N–H and O–H groups in total. The van der Waals surface area contributed by atoms with E-state index in [1.807, 2.05) is 4.90 Å². The molecule has 1 aliphatic heterocycles. The number of aliphatic carboxylic acids is 1. The Balaban J connectivity index is 1.88. The third kappa shape index (κ3) is 3.87. The van der Waals surface area contributed by atoms with E-state index in [9.17, 15) is 9.59 Å². The van der Waals surface area contributed by atoms with Crippen molar-refractivity contribution in [3.05, 3.63) is 0 Å². The van der Waals surface area contributed by atoms with Crippen molar-refractivity contribution < 1.29 is 14.7 Å². The highest BCUT2D eigenvalue weighted by atomic mass is 16.4. The highest BCUT2D eigenvalue weighted by Crippen LogP contribution is 2.25. The van der Waals surface area contributed by atoms with Gasteiger partial charge in [0.2, 0.25) is 0 Å². The van der Waals surface area contributed by atoms with Crippen molar-refractivity contribution in [2.45, 2.75) is 57.7 Å². The smallest absolute Gasteiger partial charge is 0.317 e. The molecule has 6 nitrogen and oxygen atoms in total. The minimum atomic E-state index is -0.740. The van der Waals surface area contributed by atoms with Crippen molar-refractivity contribution in [3.8, 4) is 0 Å². The highest BCUT2D eigenvalue weighted by Gasteiger charge is 2.32. The average Bonchev–Trinajstić information content (AvgIpc) is 2.44. The Labute approximate surface area is 126 Å². The van der Waals surface area contributed by atoms with Crippen molar-refractivity contribution in [2.75, 3.05) is 20.1 Å². The Morgan fingerprint density at radius 1 is 1.14 bits per heavy atom. The lowest BCUT2D eigenvalue weighted by Gasteiger charge is -2.43. The van der Waals surface area contributed by atoms with Gasteiger partial charge in [-0.2, -0.15) is 0 Å². The number of carbonyl (C=O) groups is 2. The molecule has 1 saturated heterocycles. The number of nitrogens with zero attached hydrogens (tertiary/aromatic N) is 2. The predicted octanol–water partition coefficient (Wildman–Crippen LogP) is 1.36. The maximum Gasteiger partial charge on any atom is 0.317 e. The van der Waals surface area contributed by atoms with E-state index in [0.717, 1.165) is 32.4 Å². The normalized spacial score (nSPS) is 34.5. The summed E-state index contributed by atoms with van der Waals surface area (Å²) in [6.45, 7) is 5.69. The minimum Gasteiger partial charge on any atom is -0.481 e. The van der Waals surface area contributed by atoms with E-state index in [1.54, 1.807) is 0 Å². The van der Waals surface area contributed by atoms with Gasteiger partial charge in [0.15, 0.2) is 0 Å². The molecule has 21 heavy (non-hydrogen) atoms. The van der Waals surface area contributed by atoms with Crippen molar-refractivity contribution >= 4 is 12.0 Å². The van der Waals surface area contributed by atoms with E-state index < -0.39 is 5.97 Å². The first-order valence-corrected chi connectivity index (χ1v) is 7.88. The fraction of sp³-hybridized carbons (Fsp3) is 0.867. The van der Waals surface area contributed by atoms with E-state index in [2.05, 4.69) is 31.1 Å². The van der Waals surface area contributed by atoms with Gasteiger partial charge in [-0.15, -0.1) is 0 Å². The SMILES string of the molecule is CC1CN(C(=O)NC2CCCC(C(=O)O)C2)CC(C)N1C. The summed E-state index contributed by atoms with van der Waals surface area (Å²) < 4.78 is 0. The topological polar surface area (TPSA) is 72.9 Å². The summed E-state index contributed by atoms with van der Waals surface area (Å²) >= 11 is 0. The number of hydrogen-bond donors (Lipinski definition) is 2. The second kappa shape index (κ2) is 6.64. The van der Waals surface area contributed by atoms with Crippen LogP contribution in [0.3, 0.4) is 0 Å². The average molecular weight is 297 g/mol. The Bertz CT molecular complexity index is 390. The maximum atomic E-state index is 12.4. The molecule has 2 fully saturated rings. The lowest BCUT2D eigenvalue weighted by atomic mass is 9.86. The molecular weight excluding hydrogens is 270 g/mol. The number of amides is 2. The van der Waals surface area contributed by atoms with Crippen LogP contribution in [0.15, 0.2) is 0 Å². The molecule has 0 radical (unpaired) electrons. The molecule has 2 amide bonds. The number of piperazine rings is 1. The summed E-state index contributed by atoms with van der Waals surface area (Å²) in [5.41, 5.74) is 0. The molecule has 1 saturated carbocycles. The van der Waals surface area contributed by atoms with Gasteiger partial charge in [-0.25, -0.2) is 4.79 Å². The molecule has 0 spiro atoms. The molecule has 2 aliphatic rings. The second-order valence-corrected chi connectivity index (χ2v) is 6.62. The van der Waals surface area contributed by atoms with Crippen LogP contribution in [0.5, 0.6) is 0 Å². The van der Waals surface area contributed by atoms with Crippen LogP contribution in [0, 0.1) is 5.92 Å². The summed E-state index contributed by atoms with van der Waals surface area (Å²) in [6.07, 6.45) is 3.04. The number of urea groups is 1. The Morgan fingerprint density at radius 3 is 2.33 bits per heavy atom. The first kappa shape index (κ1) is 16.1. The van der Waals surface area contributed by atoms with Crippen LogP contribution >= 0.6 is 0 Å². The monoisotopic (exact) mass is 297 g/mol. The van der Waals surface area contributed by atoms with Gasteiger partial charge in [-0.05, 0) is 40.2 Å². The van der Waals surface area contributed by atoms with E-state index in [-0.39, 0.29) is 18.0 Å². The van der Waals surface area contributed by atoms with Crippen LogP contribution in [0.25, 0.3) is 0 Å². The molecule has 120 valence electrons. The molecule has 2 rings (SSSR count). The lowest BCUT2D eigenvalue weighted by molar-refractivity contribution is -0.143. The van der Waals surface area contributed by atoms with Crippen molar-refractivity contribution in [1.29, 1.82) is 0 Å². The number of hydrogen-bond acceptors (Lipinski definition) is 3. The number of nitrogens with one attached hydrogen (secondary N) is 1. The first-order chi connectivity index (χ1) is 9.88. The fourth-order valence-corrected chi connectivity index (χ4v) is 3.38. The molecule has 1 heterocycles. The van der Waals surface area contributed by atoms with Crippen LogP contribution in [0.1, 0.15) is 39.5 Å². The fourth-order valence-electron chi connectivity index (χ4n) is 3.38. The van der Waals surface area contributed by atoms with Gasteiger partial charge in [0.25, 0.3) is 0 Å². The second-order valence-electron chi connectivity index (χ2n) is 6.62. The molecule has 4 unspecified atom stereocenters. The van der Waals surface area contributed by atoms with Gasteiger partial charge >= 0.3 is 12.0 Å². The van der Waals surface area contributed by atoms with Gasteiger partial charge in [-0.1, -0.05) is 6.42 Å². The van der Waals surface area contributed by atoms with Crippen LogP contribution in [0.2, 0.25) is 0 Å². The summed E-state index contributed by atoms with van der Waals surface area (Å²) in [6, 6.07) is 0.644. The summed E-state index contributed by atoms with van der Waals surface area (Å²) in [5, 5.41) is 12.1. The largest absolute Gasteiger partial charge is 0.481 e. The molecule has 0 aromatic carbocycles. The molecule has 6 heteroatoms. The first-order valence-electron chi connectivity index (χ1n) is 7.88. The molecule has 0 aromatic rings. The quantitative estimate of drug-likeness (QED) is 0.807. The Kier molecular flexibility index (Phi) is 5.08. The van der Waals surface area contributed by atoms with Crippen molar-refractivity contribution in [2.24, 2.45) is 5.92 Å². The molecule has 0 aromatic heterocycles. The summed E-state index contributed by atoms with van der Waals surface area (Å²) in [4.78, 5) is 27.6. The molecule has 4 atom stereocenters. The molecule has 0 bridgehead atoms. The van der Waals surface area contributed by atoms with E-state index >= 15 is 0 Å². The van der Waals surface area contributed by atoms with Crippen LogP contribution in [0.4, 0.5) is 4.79 Å². The standard InChI is InChI=1S/C15H27N3O3/c1-10-8-18(9-11(2)17(10)3)15(21)16-13-6-4-5-12(7-13)14(19)20/h10-13H,4-9H2,1-3H3,(H,16,21)(H,19,20). The van der Waals surface area contributed by atoms with Crippen LogP contribution in [-0.4, -0.2) is 65.2 Å². The van der Waals surface area contributed by atoms with Crippen molar-refractivity contribution in [3.63, 3.8) is 0 Å². The zero-order valence-corrected chi connectivity index (χ0v) is 13.2. The summed E-state index contributed by atoms with van der Waals surface area (Å²) in [7, 11) is 2.09. The van der Waals surface area contributed by atoms with Crippen molar-refractivity contribution in [1.82, 2.24) is 15.1 Å². The maximum absolute atomic E-state index is 12.4. The predicted molar refractivity (Wildman–Crippen MR) is 80.2 cm³/mol. The number of carbonyl (C=O) groups excluding carboxylic acids is 1. The Morgan fingerprint density at radius 2 is 1.76 bits per heavy atom. The van der Waals surface area contributed by atoms with Gasteiger partial charge in [0.05, 0.1) is 5.92 Å².